The Morgan fingerprint density at radius 1 is 0.955 bits per heavy atom. The second-order valence-corrected chi connectivity index (χ2v) is 6.04. The average molecular weight is 298 g/mol. The van der Waals surface area contributed by atoms with Crippen molar-refractivity contribution in [3.8, 4) is 0 Å². The molecule has 0 heterocycles. The van der Waals surface area contributed by atoms with Gasteiger partial charge in [-0.05, 0) is 50.6 Å². The van der Waals surface area contributed by atoms with E-state index in [9.17, 15) is 4.79 Å². The first-order chi connectivity index (χ1) is 10.4. The Morgan fingerprint density at radius 2 is 1.59 bits per heavy atom. The molecule has 0 aliphatic carbocycles. The first kappa shape index (κ1) is 15.9. The number of nitrogens with one attached hydrogen (secondary N) is 2. The highest BCUT2D eigenvalue weighted by atomic mass is 16.6. The topological polar surface area (TPSA) is 50.4 Å². The molecule has 0 saturated heterocycles. The number of ether oxygens (including phenoxy) is 1. The summed E-state index contributed by atoms with van der Waals surface area (Å²) in [4.78, 5) is 11.7. The SMILES string of the molecule is CC(C)(C)OC(=O)Nc1ccc(CNc2ccccc2)cc1. The van der Waals surface area contributed by atoms with Gasteiger partial charge < -0.3 is 10.1 Å². The zero-order chi connectivity index (χ0) is 16.0. The molecular weight excluding hydrogens is 276 g/mol. The molecule has 116 valence electrons. The fraction of sp³-hybridized carbons (Fsp3) is 0.278. The van der Waals surface area contributed by atoms with Gasteiger partial charge in [-0.2, -0.15) is 0 Å². The third kappa shape index (κ3) is 5.48. The first-order valence-electron chi connectivity index (χ1n) is 7.30. The normalized spacial score (nSPS) is 10.9. The summed E-state index contributed by atoms with van der Waals surface area (Å²) in [7, 11) is 0. The Morgan fingerprint density at radius 3 is 2.18 bits per heavy atom. The van der Waals surface area contributed by atoms with Crippen molar-refractivity contribution in [3.05, 3.63) is 60.2 Å². The van der Waals surface area contributed by atoms with E-state index in [2.05, 4.69) is 10.6 Å². The summed E-state index contributed by atoms with van der Waals surface area (Å²) < 4.78 is 5.21. The lowest BCUT2D eigenvalue weighted by atomic mass is 10.2. The molecule has 0 atom stereocenters. The van der Waals surface area contributed by atoms with E-state index in [1.807, 2.05) is 75.4 Å². The number of carbonyl (C=O) groups excluding carboxylic acids is 1. The van der Waals surface area contributed by atoms with Crippen LogP contribution in [0.4, 0.5) is 16.2 Å². The van der Waals surface area contributed by atoms with Crippen molar-refractivity contribution in [3.63, 3.8) is 0 Å². The monoisotopic (exact) mass is 298 g/mol. The number of rotatable bonds is 4. The molecule has 0 saturated carbocycles. The molecule has 4 nitrogen and oxygen atoms in total. The molecule has 4 heteroatoms. The van der Waals surface area contributed by atoms with E-state index >= 15 is 0 Å². The van der Waals surface area contributed by atoms with Gasteiger partial charge >= 0.3 is 6.09 Å². The Labute approximate surface area is 131 Å². The molecule has 0 spiro atoms. The third-order valence-corrected chi connectivity index (χ3v) is 2.87. The van der Waals surface area contributed by atoms with Crippen LogP contribution < -0.4 is 10.6 Å². The van der Waals surface area contributed by atoms with Crippen LogP contribution in [0.5, 0.6) is 0 Å². The Balaban J connectivity index is 1.86. The molecule has 2 aromatic carbocycles. The molecule has 0 aliphatic rings. The fourth-order valence-electron chi connectivity index (χ4n) is 1.89. The van der Waals surface area contributed by atoms with Crippen molar-refractivity contribution in [2.24, 2.45) is 0 Å². The van der Waals surface area contributed by atoms with Gasteiger partial charge in [-0.1, -0.05) is 30.3 Å². The summed E-state index contributed by atoms with van der Waals surface area (Å²) in [6.45, 7) is 6.25. The van der Waals surface area contributed by atoms with Crippen LogP contribution in [0.3, 0.4) is 0 Å². The maximum Gasteiger partial charge on any atom is 0.412 e. The zero-order valence-corrected chi connectivity index (χ0v) is 13.2. The van der Waals surface area contributed by atoms with E-state index < -0.39 is 11.7 Å². The minimum atomic E-state index is -0.496. The molecule has 0 bridgehead atoms. The maximum absolute atomic E-state index is 11.7. The largest absolute Gasteiger partial charge is 0.444 e. The maximum atomic E-state index is 11.7. The van der Waals surface area contributed by atoms with Crippen LogP contribution in [-0.4, -0.2) is 11.7 Å². The molecule has 0 radical (unpaired) electrons. The standard InChI is InChI=1S/C18H22N2O2/c1-18(2,3)22-17(21)20-16-11-9-14(10-12-16)13-19-15-7-5-4-6-8-15/h4-12,19H,13H2,1-3H3,(H,20,21). The van der Waals surface area contributed by atoms with Crippen LogP contribution >= 0.6 is 0 Å². The molecule has 2 aromatic rings. The van der Waals surface area contributed by atoms with Crippen molar-refractivity contribution in [2.45, 2.75) is 32.9 Å². The van der Waals surface area contributed by atoms with Crippen LogP contribution in [0.25, 0.3) is 0 Å². The number of amides is 1. The van der Waals surface area contributed by atoms with Crippen molar-refractivity contribution in [1.29, 1.82) is 0 Å². The number of anilines is 2. The summed E-state index contributed by atoms with van der Waals surface area (Å²) in [5.74, 6) is 0. The summed E-state index contributed by atoms with van der Waals surface area (Å²) in [5, 5.41) is 6.06. The lowest BCUT2D eigenvalue weighted by molar-refractivity contribution is 0.0636. The fourth-order valence-corrected chi connectivity index (χ4v) is 1.89. The summed E-state index contributed by atoms with van der Waals surface area (Å²) >= 11 is 0. The Bertz CT molecular complexity index is 601. The van der Waals surface area contributed by atoms with Gasteiger partial charge in [-0.3, -0.25) is 5.32 Å². The van der Waals surface area contributed by atoms with Crippen LogP contribution in [0, 0.1) is 0 Å². The van der Waals surface area contributed by atoms with Gasteiger partial charge in [0.2, 0.25) is 0 Å². The van der Waals surface area contributed by atoms with E-state index in [0.29, 0.717) is 0 Å². The summed E-state index contributed by atoms with van der Waals surface area (Å²) in [6, 6.07) is 17.7. The molecule has 2 N–H and O–H groups in total. The first-order valence-corrected chi connectivity index (χ1v) is 7.30. The van der Waals surface area contributed by atoms with E-state index in [1.165, 1.54) is 0 Å². The number of para-hydroxylation sites is 1. The van der Waals surface area contributed by atoms with Gasteiger partial charge in [0.05, 0.1) is 0 Å². The highest BCUT2D eigenvalue weighted by molar-refractivity contribution is 5.84. The average Bonchev–Trinajstić information content (AvgIpc) is 2.45. The summed E-state index contributed by atoms with van der Waals surface area (Å²) in [5.41, 5.74) is 2.44. The third-order valence-electron chi connectivity index (χ3n) is 2.87. The smallest absolute Gasteiger partial charge is 0.412 e. The summed E-state index contributed by atoms with van der Waals surface area (Å²) in [6.07, 6.45) is -0.442. The molecule has 0 fully saturated rings. The lowest BCUT2D eigenvalue weighted by Gasteiger charge is -2.19. The molecule has 22 heavy (non-hydrogen) atoms. The van der Waals surface area contributed by atoms with Crippen molar-refractivity contribution in [1.82, 2.24) is 0 Å². The van der Waals surface area contributed by atoms with Gasteiger partial charge in [0.25, 0.3) is 0 Å². The van der Waals surface area contributed by atoms with Crippen LogP contribution in [-0.2, 0) is 11.3 Å². The molecular formula is C18H22N2O2. The second kappa shape index (κ2) is 6.98. The number of benzene rings is 2. The number of hydrogen-bond acceptors (Lipinski definition) is 3. The van der Waals surface area contributed by atoms with Gasteiger partial charge in [-0.25, -0.2) is 4.79 Å². The number of carbonyl (C=O) groups is 1. The quantitative estimate of drug-likeness (QED) is 0.864. The minimum Gasteiger partial charge on any atom is -0.444 e. The van der Waals surface area contributed by atoms with Crippen LogP contribution in [0.2, 0.25) is 0 Å². The van der Waals surface area contributed by atoms with E-state index in [-0.39, 0.29) is 0 Å². The lowest BCUT2D eigenvalue weighted by Crippen LogP contribution is -2.27. The molecule has 0 aliphatic heterocycles. The van der Waals surface area contributed by atoms with Crippen LogP contribution in [0.15, 0.2) is 54.6 Å². The van der Waals surface area contributed by atoms with E-state index in [4.69, 9.17) is 4.74 Å². The van der Waals surface area contributed by atoms with Gasteiger partial charge in [-0.15, -0.1) is 0 Å². The van der Waals surface area contributed by atoms with Crippen molar-refractivity contribution >= 4 is 17.5 Å². The Hall–Kier alpha value is -2.49. The highest BCUT2D eigenvalue weighted by Crippen LogP contribution is 2.14. The molecule has 1 amide bonds. The number of hydrogen-bond donors (Lipinski definition) is 2. The van der Waals surface area contributed by atoms with Crippen molar-refractivity contribution in [2.75, 3.05) is 10.6 Å². The van der Waals surface area contributed by atoms with Crippen LogP contribution in [0.1, 0.15) is 26.3 Å². The van der Waals surface area contributed by atoms with E-state index in [0.717, 1.165) is 23.5 Å². The molecule has 0 unspecified atom stereocenters. The molecule has 0 aromatic heterocycles. The van der Waals surface area contributed by atoms with Gasteiger partial charge in [0, 0.05) is 17.9 Å². The van der Waals surface area contributed by atoms with Gasteiger partial charge in [0.15, 0.2) is 0 Å². The minimum absolute atomic E-state index is 0.442. The Kier molecular flexibility index (Phi) is 5.04. The second-order valence-electron chi connectivity index (χ2n) is 6.04. The molecule has 2 rings (SSSR count). The van der Waals surface area contributed by atoms with Gasteiger partial charge in [0.1, 0.15) is 5.60 Å². The van der Waals surface area contributed by atoms with Crippen molar-refractivity contribution < 1.29 is 9.53 Å². The predicted octanol–water partition coefficient (Wildman–Crippen LogP) is 4.65. The highest BCUT2D eigenvalue weighted by Gasteiger charge is 2.15. The zero-order valence-electron chi connectivity index (χ0n) is 13.2. The predicted molar refractivity (Wildman–Crippen MR) is 90.1 cm³/mol. The van der Waals surface area contributed by atoms with E-state index in [1.54, 1.807) is 0 Å².